The number of likely N-dealkylation sites (tertiary alicyclic amines) is 1. The Kier molecular flexibility index (Phi) is 3.96. The first-order valence-corrected chi connectivity index (χ1v) is 6.07. The molecule has 3 N–H and O–H groups in total. The van der Waals surface area contributed by atoms with Crippen LogP contribution in [0.4, 0.5) is 23.8 Å². The predicted molar refractivity (Wildman–Crippen MR) is 64.8 cm³/mol. The number of carbonyl (C=O) groups excluding carboxylic acids is 1. The Labute approximate surface area is 113 Å². The monoisotopic (exact) mass is 289 g/mol. The first kappa shape index (κ1) is 14.4. The molecule has 2 rings (SSSR count). The normalized spacial score (nSPS) is 19.8. The van der Waals surface area contributed by atoms with Crippen LogP contribution in [0.25, 0.3) is 0 Å². The van der Waals surface area contributed by atoms with Crippen molar-refractivity contribution in [3.8, 4) is 0 Å². The van der Waals surface area contributed by atoms with Crippen molar-refractivity contribution < 1.29 is 18.0 Å². The Morgan fingerprint density at radius 3 is 2.90 bits per heavy atom. The second-order valence-corrected chi connectivity index (χ2v) is 4.56. The standard InChI is InChI=1S/C11H14F3N5O/c12-11(13,14)8-3-4-16-18-9(8)17-7-2-1-5-19(6-7)10(15)20/h3-4,7H,1-2,5-6H2,(H2,15,20)(H,17,18). The minimum Gasteiger partial charge on any atom is -0.364 e. The molecule has 0 aliphatic carbocycles. The molecule has 0 saturated carbocycles. The lowest BCUT2D eigenvalue weighted by atomic mass is 10.1. The molecular formula is C11H14F3N5O. The minimum atomic E-state index is -4.50. The molecule has 9 heteroatoms. The van der Waals surface area contributed by atoms with Gasteiger partial charge in [-0.15, -0.1) is 5.10 Å². The maximum Gasteiger partial charge on any atom is 0.420 e. The van der Waals surface area contributed by atoms with Crippen molar-refractivity contribution in [2.24, 2.45) is 5.73 Å². The molecule has 1 aliphatic heterocycles. The van der Waals surface area contributed by atoms with Crippen LogP contribution < -0.4 is 11.1 Å². The van der Waals surface area contributed by atoms with Crippen molar-refractivity contribution >= 4 is 11.8 Å². The lowest BCUT2D eigenvalue weighted by Crippen LogP contribution is -2.47. The lowest BCUT2D eigenvalue weighted by molar-refractivity contribution is -0.137. The van der Waals surface area contributed by atoms with Gasteiger partial charge in [0.05, 0.1) is 6.20 Å². The Bertz CT molecular complexity index is 493. The number of primary amides is 1. The number of urea groups is 1. The van der Waals surface area contributed by atoms with E-state index < -0.39 is 17.8 Å². The average Bonchev–Trinajstić information content (AvgIpc) is 2.38. The summed E-state index contributed by atoms with van der Waals surface area (Å²) in [5.74, 6) is -0.323. The van der Waals surface area contributed by atoms with E-state index in [0.29, 0.717) is 19.4 Å². The molecule has 0 bridgehead atoms. The quantitative estimate of drug-likeness (QED) is 0.863. The number of aromatic nitrogens is 2. The van der Waals surface area contributed by atoms with E-state index >= 15 is 0 Å². The Morgan fingerprint density at radius 2 is 2.25 bits per heavy atom. The summed E-state index contributed by atoms with van der Waals surface area (Å²) in [4.78, 5) is 12.5. The summed E-state index contributed by atoms with van der Waals surface area (Å²) in [6.07, 6.45) is -2.21. The number of anilines is 1. The number of rotatable bonds is 2. The van der Waals surface area contributed by atoms with Crippen LogP contribution in [0.2, 0.25) is 0 Å². The van der Waals surface area contributed by atoms with Gasteiger partial charge in [0.2, 0.25) is 0 Å². The van der Waals surface area contributed by atoms with Gasteiger partial charge in [-0.1, -0.05) is 0 Å². The number of nitrogens with two attached hydrogens (primary N) is 1. The van der Waals surface area contributed by atoms with Crippen LogP contribution in [0.5, 0.6) is 0 Å². The molecule has 1 aliphatic rings. The molecule has 1 aromatic heterocycles. The van der Waals surface area contributed by atoms with Gasteiger partial charge in [0.15, 0.2) is 5.82 Å². The largest absolute Gasteiger partial charge is 0.420 e. The summed E-state index contributed by atoms with van der Waals surface area (Å²) in [5, 5.41) is 9.65. The van der Waals surface area contributed by atoms with E-state index in [2.05, 4.69) is 15.5 Å². The molecule has 1 aromatic rings. The van der Waals surface area contributed by atoms with Crippen LogP contribution in [-0.4, -0.2) is 40.3 Å². The van der Waals surface area contributed by atoms with Gasteiger partial charge in [-0.05, 0) is 18.9 Å². The molecule has 110 valence electrons. The molecule has 0 aromatic carbocycles. The summed E-state index contributed by atoms with van der Waals surface area (Å²) >= 11 is 0. The number of hydrogen-bond acceptors (Lipinski definition) is 4. The van der Waals surface area contributed by atoms with Gasteiger partial charge in [-0.25, -0.2) is 4.79 Å². The Balaban J connectivity index is 2.12. The van der Waals surface area contributed by atoms with Crippen LogP contribution in [0.15, 0.2) is 12.3 Å². The molecule has 2 amide bonds. The topological polar surface area (TPSA) is 84.1 Å². The zero-order valence-corrected chi connectivity index (χ0v) is 10.5. The van der Waals surface area contributed by atoms with Gasteiger partial charge < -0.3 is 16.0 Å². The number of piperidine rings is 1. The van der Waals surface area contributed by atoms with E-state index in [0.717, 1.165) is 12.3 Å². The zero-order chi connectivity index (χ0) is 14.8. The highest BCUT2D eigenvalue weighted by molar-refractivity contribution is 5.72. The van der Waals surface area contributed by atoms with Gasteiger partial charge in [-0.2, -0.15) is 18.3 Å². The first-order chi connectivity index (χ1) is 9.38. The number of nitrogens with one attached hydrogen (secondary N) is 1. The maximum atomic E-state index is 12.8. The number of amides is 2. The first-order valence-electron chi connectivity index (χ1n) is 6.07. The third-order valence-electron chi connectivity index (χ3n) is 3.10. The lowest BCUT2D eigenvalue weighted by Gasteiger charge is -2.32. The summed E-state index contributed by atoms with van der Waals surface area (Å²) in [5.41, 5.74) is 4.30. The van der Waals surface area contributed by atoms with Crippen molar-refractivity contribution in [1.29, 1.82) is 0 Å². The number of halogens is 3. The average molecular weight is 289 g/mol. The second kappa shape index (κ2) is 5.51. The molecule has 0 radical (unpaired) electrons. The number of nitrogens with zero attached hydrogens (tertiary/aromatic N) is 3. The van der Waals surface area contributed by atoms with Crippen LogP contribution in [0, 0.1) is 0 Å². The summed E-state index contributed by atoms with van der Waals surface area (Å²) in [7, 11) is 0. The third kappa shape index (κ3) is 3.28. The van der Waals surface area contributed by atoms with E-state index in [1.807, 2.05) is 0 Å². The van der Waals surface area contributed by atoms with Crippen molar-refractivity contribution in [2.75, 3.05) is 18.4 Å². The fourth-order valence-corrected chi connectivity index (χ4v) is 2.16. The molecule has 1 unspecified atom stereocenters. The fourth-order valence-electron chi connectivity index (χ4n) is 2.16. The highest BCUT2D eigenvalue weighted by Gasteiger charge is 2.35. The Hall–Kier alpha value is -2.06. The second-order valence-electron chi connectivity index (χ2n) is 4.56. The third-order valence-corrected chi connectivity index (χ3v) is 3.10. The predicted octanol–water partition coefficient (Wildman–Crippen LogP) is 1.45. The van der Waals surface area contributed by atoms with E-state index in [4.69, 9.17) is 5.73 Å². The van der Waals surface area contributed by atoms with Crippen molar-refractivity contribution in [2.45, 2.75) is 25.1 Å². The summed E-state index contributed by atoms with van der Waals surface area (Å²) in [6.45, 7) is 0.767. The molecule has 20 heavy (non-hydrogen) atoms. The highest BCUT2D eigenvalue weighted by atomic mass is 19.4. The van der Waals surface area contributed by atoms with E-state index in [-0.39, 0.29) is 18.4 Å². The van der Waals surface area contributed by atoms with E-state index in [1.165, 1.54) is 4.90 Å². The van der Waals surface area contributed by atoms with Gasteiger partial charge in [0.25, 0.3) is 0 Å². The molecular weight excluding hydrogens is 275 g/mol. The Morgan fingerprint density at radius 1 is 1.50 bits per heavy atom. The van der Waals surface area contributed by atoms with Crippen molar-refractivity contribution in [1.82, 2.24) is 15.1 Å². The van der Waals surface area contributed by atoms with E-state index in [1.54, 1.807) is 0 Å². The van der Waals surface area contributed by atoms with E-state index in [9.17, 15) is 18.0 Å². The molecule has 1 fully saturated rings. The van der Waals surface area contributed by atoms with Gasteiger partial charge >= 0.3 is 12.2 Å². The zero-order valence-electron chi connectivity index (χ0n) is 10.5. The van der Waals surface area contributed by atoms with Crippen LogP contribution >= 0.6 is 0 Å². The highest BCUT2D eigenvalue weighted by Crippen LogP contribution is 2.33. The number of alkyl halides is 3. The SMILES string of the molecule is NC(=O)N1CCCC(Nc2nnccc2C(F)(F)F)C1. The van der Waals surface area contributed by atoms with Gasteiger partial charge in [0.1, 0.15) is 5.56 Å². The van der Waals surface area contributed by atoms with Gasteiger partial charge in [0, 0.05) is 19.1 Å². The van der Waals surface area contributed by atoms with Crippen LogP contribution in [-0.2, 0) is 6.18 Å². The minimum absolute atomic E-state index is 0.253. The molecule has 6 nitrogen and oxygen atoms in total. The number of hydrogen-bond donors (Lipinski definition) is 2. The fraction of sp³-hybridized carbons (Fsp3) is 0.545. The summed E-state index contributed by atoms with van der Waals surface area (Å²) < 4.78 is 38.4. The van der Waals surface area contributed by atoms with Crippen molar-refractivity contribution in [3.05, 3.63) is 17.8 Å². The molecule has 0 spiro atoms. The molecule has 2 heterocycles. The van der Waals surface area contributed by atoms with Crippen molar-refractivity contribution in [3.63, 3.8) is 0 Å². The number of carbonyl (C=O) groups is 1. The van der Waals surface area contributed by atoms with Gasteiger partial charge in [-0.3, -0.25) is 0 Å². The van der Waals surface area contributed by atoms with Crippen LogP contribution in [0.3, 0.4) is 0 Å². The van der Waals surface area contributed by atoms with Crippen LogP contribution in [0.1, 0.15) is 18.4 Å². The molecule has 1 atom stereocenters. The smallest absolute Gasteiger partial charge is 0.364 e. The molecule has 1 saturated heterocycles. The summed E-state index contributed by atoms with van der Waals surface area (Å²) in [6, 6.07) is -0.0370. The maximum absolute atomic E-state index is 12.8.